The zero-order valence-corrected chi connectivity index (χ0v) is 39.0. The lowest BCUT2D eigenvalue weighted by Gasteiger charge is -2.15. The van der Waals surface area contributed by atoms with Gasteiger partial charge >= 0.3 is 0 Å². The molecule has 4 aromatic carbocycles. The summed E-state index contributed by atoms with van der Waals surface area (Å²) in [4.78, 5) is 19.3. The van der Waals surface area contributed by atoms with E-state index in [4.69, 9.17) is 9.97 Å². The van der Waals surface area contributed by atoms with Crippen LogP contribution in [0.2, 0.25) is 0 Å². The van der Waals surface area contributed by atoms with E-state index in [0.717, 1.165) is 71.6 Å². The van der Waals surface area contributed by atoms with Crippen LogP contribution in [-0.4, -0.2) is 19.9 Å². The molecule has 0 radical (unpaired) electrons. The van der Waals surface area contributed by atoms with Crippen LogP contribution in [0.4, 0.5) is 0 Å². The number of nitrogens with one attached hydrogen (secondary N) is 2. The highest BCUT2D eigenvalue weighted by Gasteiger charge is 2.25. The van der Waals surface area contributed by atoms with E-state index in [1.807, 2.05) is 0 Å². The molecule has 9 rings (SSSR count). The van der Waals surface area contributed by atoms with E-state index in [2.05, 4.69) is 200 Å². The summed E-state index contributed by atoms with van der Waals surface area (Å²) in [5.41, 5.74) is 31.4. The van der Waals surface area contributed by atoms with Gasteiger partial charge in [0.25, 0.3) is 0 Å². The first-order chi connectivity index (χ1) is 29.1. The Bertz CT molecular complexity index is 3180. The highest BCUT2D eigenvalue weighted by Crippen LogP contribution is 2.45. The van der Waals surface area contributed by atoms with Crippen LogP contribution < -0.4 is 0 Å². The Morgan fingerprint density at radius 2 is 0.623 bits per heavy atom. The van der Waals surface area contributed by atoms with E-state index in [0.29, 0.717) is 0 Å². The van der Waals surface area contributed by atoms with E-state index in [1.54, 1.807) is 0 Å². The number of aromatic nitrogens is 4. The van der Waals surface area contributed by atoms with Crippen LogP contribution in [0.5, 0.6) is 0 Å². The van der Waals surface area contributed by atoms with Gasteiger partial charge in [0.1, 0.15) is 0 Å². The number of benzene rings is 4. The fraction of sp³-hybridized carbons (Fsp3) is 0.214. The zero-order chi connectivity index (χ0) is 43.2. The molecule has 2 aliphatic heterocycles. The smallest absolute Gasteiger partial charge is 0.0879 e. The molecule has 3 aromatic heterocycles. The van der Waals surface area contributed by atoms with Gasteiger partial charge in [-0.3, -0.25) is 0 Å². The van der Waals surface area contributed by atoms with E-state index in [-0.39, 0.29) is 0 Å². The maximum Gasteiger partial charge on any atom is 0.0879 e. The molecule has 0 unspecified atom stereocenters. The number of hydrogen-bond donors (Lipinski definition) is 2. The van der Waals surface area contributed by atoms with Gasteiger partial charge in [-0.1, -0.05) is 70.8 Å². The Balaban J connectivity index is 1.56. The summed E-state index contributed by atoms with van der Waals surface area (Å²) in [6.07, 6.45) is 6.63. The molecule has 0 fully saturated rings. The van der Waals surface area contributed by atoms with Crippen LogP contribution in [0, 0.1) is 83.1 Å². The maximum atomic E-state index is 5.69. The normalized spacial score (nSPS) is 12.4. The fourth-order valence-electron chi connectivity index (χ4n) is 10.6. The minimum absolute atomic E-state index is 0.897. The average molecular weight is 862 g/mol. The first-order valence-electron chi connectivity index (χ1n) is 21.3. The van der Waals surface area contributed by atoms with Gasteiger partial charge in [0.05, 0.1) is 22.8 Å². The number of aryl methyl sites for hydroxylation is 12. The van der Waals surface area contributed by atoms with Gasteiger partial charge in [-0.25, -0.2) is 9.97 Å². The number of fused-ring (bicyclic) bond motifs is 8. The first-order valence-corrected chi connectivity index (χ1v) is 22.1. The summed E-state index contributed by atoms with van der Waals surface area (Å²) in [7, 11) is 0. The van der Waals surface area contributed by atoms with Crippen molar-refractivity contribution in [2.24, 2.45) is 0 Å². The minimum Gasteiger partial charge on any atom is -0.354 e. The predicted molar refractivity (Wildman–Crippen MR) is 265 cm³/mol. The second kappa shape index (κ2) is 15.1. The molecule has 0 saturated carbocycles. The minimum atomic E-state index is 0.897. The predicted octanol–water partition coefficient (Wildman–Crippen LogP) is 15.7. The molecular formula is C56H53BrN4. The van der Waals surface area contributed by atoms with Crippen LogP contribution in [0.15, 0.2) is 72.8 Å². The van der Waals surface area contributed by atoms with Crippen molar-refractivity contribution in [1.82, 2.24) is 19.9 Å². The molecule has 2 N–H and O–H groups in total. The number of H-pyrrole nitrogens is 2. The quantitative estimate of drug-likeness (QED) is 0.185. The molecule has 0 aliphatic carbocycles. The number of nitrogens with zero attached hydrogens (tertiary/aromatic N) is 2. The molecule has 0 atom stereocenters. The van der Waals surface area contributed by atoms with E-state index < -0.39 is 0 Å². The van der Waals surface area contributed by atoms with Crippen molar-refractivity contribution in [2.75, 3.05) is 0 Å². The van der Waals surface area contributed by atoms with Crippen molar-refractivity contribution in [2.45, 2.75) is 83.1 Å². The van der Waals surface area contributed by atoms with E-state index in [1.165, 1.54) is 89.0 Å². The van der Waals surface area contributed by atoms with Gasteiger partial charge in [-0.05, 0) is 208 Å². The van der Waals surface area contributed by atoms with Gasteiger partial charge in [-0.2, -0.15) is 0 Å². The van der Waals surface area contributed by atoms with Crippen molar-refractivity contribution >= 4 is 60.7 Å². The Hall–Kier alpha value is -6.04. The molecule has 0 saturated heterocycles. The van der Waals surface area contributed by atoms with E-state index >= 15 is 0 Å². The number of hydrogen-bond acceptors (Lipinski definition) is 2. The molecule has 0 spiro atoms. The van der Waals surface area contributed by atoms with Crippen LogP contribution in [0.25, 0.3) is 89.3 Å². The monoisotopic (exact) mass is 860 g/mol. The van der Waals surface area contributed by atoms with Crippen molar-refractivity contribution in [1.29, 1.82) is 0 Å². The van der Waals surface area contributed by atoms with Gasteiger partial charge < -0.3 is 9.97 Å². The Morgan fingerprint density at radius 3 is 0.951 bits per heavy atom. The summed E-state index contributed by atoms with van der Waals surface area (Å²) >= 11 is 4.11. The second-order valence-corrected chi connectivity index (χ2v) is 18.6. The van der Waals surface area contributed by atoms with Crippen LogP contribution >= 0.6 is 15.9 Å². The Morgan fingerprint density at radius 1 is 0.344 bits per heavy atom. The molecule has 2 aliphatic rings. The highest BCUT2D eigenvalue weighted by atomic mass is 79.9. The fourth-order valence-corrected chi connectivity index (χ4v) is 11.1. The molecule has 5 heteroatoms. The average Bonchev–Trinajstić information content (AvgIpc) is 3.99. The van der Waals surface area contributed by atoms with E-state index in [9.17, 15) is 0 Å². The first kappa shape index (κ1) is 40.4. The van der Waals surface area contributed by atoms with Crippen LogP contribution in [0.3, 0.4) is 0 Å². The van der Waals surface area contributed by atoms with Crippen molar-refractivity contribution in [3.8, 4) is 44.5 Å². The summed E-state index contributed by atoms with van der Waals surface area (Å²) in [6.45, 7) is 26.5. The van der Waals surface area contributed by atoms with Gasteiger partial charge in [-0.15, -0.1) is 0 Å². The number of halogens is 1. The van der Waals surface area contributed by atoms with Crippen LogP contribution in [-0.2, 0) is 0 Å². The molecule has 304 valence electrons. The second-order valence-electron chi connectivity index (χ2n) is 17.7. The molecule has 8 bridgehead atoms. The van der Waals surface area contributed by atoms with Gasteiger partial charge in [0.15, 0.2) is 0 Å². The van der Waals surface area contributed by atoms with Crippen molar-refractivity contribution in [3.05, 3.63) is 162 Å². The lowest BCUT2D eigenvalue weighted by atomic mass is 9.92. The molecule has 4 nitrogen and oxygen atoms in total. The standard InChI is InChI=1S/C56H53BrN4/c1-28-19-32(5)48(33(6)20-28)52-41-13-14-42(58-41)53(49-34(7)21-29(2)22-35(49)8)44-17-18-46(60-44)55(51-38(11)25-31(4)26-39(51)12)56-40(57)27-47(61-56)54(45-16-15-43(52)59-45)50-36(9)23-30(3)24-37(50)10/h13-27,59-60H,1-12H3. The number of rotatable bonds is 4. The lowest BCUT2D eigenvalue weighted by molar-refractivity contribution is 1.27. The third-order valence-corrected chi connectivity index (χ3v) is 13.1. The largest absolute Gasteiger partial charge is 0.354 e. The summed E-state index contributed by atoms with van der Waals surface area (Å²) in [5.74, 6) is 0. The van der Waals surface area contributed by atoms with Crippen LogP contribution in [0.1, 0.15) is 89.5 Å². The third kappa shape index (κ3) is 6.93. The zero-order valence-electron chi connectivity index (χ0n) is 37.4. The third-order valence-electron chi connectivity index (χ3n) is 12.5. The molecular weight excluding hydrogens is 809 g/mol. The van der Waals surface area contributed by atoms with Crippen molar-refractivity contribution < 1.29 is 0 Å². The van der Waals surface area contributed by atoms with Gasteiger partial charge in [0, 0.05) is 48.8 Å². The summed E-state index contributed by atoms with van der Waals surface area (Å²) in [5, 5.41) is 0. The molecule has 0 amide bonds. The highest BCUT2D eigenvalue weighted by molar-refractivity contribution is 9.15. The summed E-state index contributed by atoms with van der Waals surface area (Å²) < 4.78 is 0.943. The van der Waals surface area contributed by atoms with Gasteiger partial charge in [0.2, 0.25) is 0 Å². The SMILES string of the molecule is Cc1cc(C)c(-c2c3nc(c(-c4c(C)cc(C)cc4C)c4ccc([nH]4)c(-c4c(C)cc(C)cc4C)c4nc(c(-c5c(C)cc(C)cc5C)c5ccc2[nH]5)C=C4Br)C=C3)c(C)c1. The maximum absolute atomic E-state index is 5.69. The molecule has 5 heterocycles. The van der Waals surface area contributed by atoms with Crippen molar-refractivity contribution in [3.63, 3.8) is 0 Å². The Kier molecular flexibility index (Phi) is 10.0. The molecule has 61 heavy (non-hydrogen) atoms. The topological polar surface area (TPSA) is 57.4 Å². The lowest BCUT2D eigenvalue weighted by Crippen LogP contribution is -1.96. The Labute approximate surface area is 368 Å². The summed E-state index contributed by atoms with van der Waals surface area (Å²) in [6, 6.07) is 27.2. The number of aromatic amines is 2. The molecule has 7 aromatic rings.